The van der Waals surface area contributed by atoms with Crippen LogP contribution in [0.3, 0.4) is 0 Å². The molecule has 0 amide bonds. The van der Waals surface area contributed by atoms with Crippen molar-refractivity contribution in [1.82, 2.24) is 20.0 Å². The number of nitrogens with zero attached hydrogens (tertiary/aromatic N) is 5. The standard InChI is InChI=1S/C23H28N6O2.HI/c1-24-23(28-15-13-27(14-16-28)21-5-3-4-6-22(21)30)25-17-18-11-12-29(26-18)19-7-9-20(31-2)10-8-19;/h3-12,30H,13-17H2,1-2H3,(H,24,25);1H. The molecule has 4 rings (SSSR count). The van der Waals surface area contributed by atoms with Crippen LogP contribution < -0.4 is 15.0 Å². The first-order chi connectivity index (χ1) is 15.2. The molecule has 2 heterocycles. The molecule has 1 aliphatic heterocycles. The zero-order valence-electron chi connectivity index (χ0n) is 18.3. The first kappa shape index (κ1) is 23.7. The molecule has 0 spiro atoms. The second kappa shape index (κ2) is 11.1. The quantitative estimate of drug-likeness (QED) is 0.290. The van der Waals surface area contributed by atoms with Crippen LogP contribution in [0.25, 0.3) is 5.69 Å². The predicted octanol–water partition coefficient (Wildman–Crippen LogP) is 3.10. The number of aromatic hydroxyl groups is 1. The summed E-state index contributed by atoms with van der Waals surface area (Å²) in [5, 5.41) is 18.2. The normalized spacial score (nSPS) is 14.1. The van der Waals surface area contributed by atoms with Crippen molar-refractivity contribution in [1.29, 1.82) is 0 Å². The van der Waals surface area contributed by atoms with Gasteiger partial charge in [-0.25, -0.2) is 4.68 Å². The van der Waals surface area contributed by atoms with Gasteiger partial charge in [0.05, 0.1) is 30.7 Å². The second-order valence-corrected chi connectivity index (χ2v) is 7.31. The minimum absolute atomic E-state index is 0. The molecule has 8 nitrogen and oxygen atoms in total. The van der Waals surface area contributed by atoms with E-state index in [2.05, 4.69) is 25.2 Å². The third-order valence-corrected chi connectivity index (χ3v) is 5.42. The van der Waals surface area contributed by atoms with Crippen LogP contribution >= 0.6 is 24.0 Å². The van der Waals surface area contributed by atoms with Crippen LogP contribution in [-0.4, -0.2) is 66.1 Å². The molecule has 1 aliphatic rings. The zero-order chi connectivity index (χ0) is 21.6. The van der Waals surface area contributed by atoms with Crippen molar-refractivity contribution in [2.24, 2.45) is 4.99 Å². The number of methoxy groups -OCH3 is 1. The van der Waals surface area contributed by atoms with E-state index < -0.39 is 0 Å². The fourth-order valence-electron chi connectivity index (χ4n) is 3.73. The number of phenols is 1. The number of benzene rings is 2. The van der Waals surface area contributed by atoms with Gasteiger partial charge >= 0.3 is 0 Å². The zero-order valence-corrected chi connectivity index (χ0v) is 20.6. The van der Waals surface area contributed by atoms with Gasteiger partial charge in [0.2, 0.25) is 0 Å². The molecule has 32 heavy (non-hydrogen) atoms. The summed E-state index contributed by atoms with van der Waals surface area (Å²) in [5.74, 6) is 2.01. The topological polar surface area (TPSA) is 78.2 Å². The predicted molar refractivity (Wildman–Crippen MR) is 138 cm³/mol. The van der Waals surface area contributed by atoms with Crippen LogP contribution in [-0.2, 0) is 6.54 Å². The number of guanidine groups is 1. The lowest BCUT2D eigenvalue weighted by atomic mass is 10.2. The van der Waals surface area contributed by atoms with E-state index in [0.29, 0.717) is 12.3 Å². The average molecular weight is 548 g/mol. The lowest BCUT2D eigenvalue weighted by Gasteiger charge is -2.37. The van der Waals surface area contributed by atoms with Gasteiger partial charge < -0.3 is 25.0 Å². The Bertz CT molecular complexity index is 1030. The summed E-state index contributed by atoms with van der Waals surface area (Å²) in [6, 6.07) is 17.3. The van der Waals surface area contributed by atoms with Crippen LogP contribution in [0.2, 0.25) is 0 Å². The molecule has 1 aromatic heterocycles. The van der Waals surface area contributed by atoms with Crippen molar-refractivity contribution < 1.29 is 9.84 Å². The van der Waals surface area contributed by atoms with Crippen LogP contribution in [0.4, 0.5) is 5.69 Å². The van der Waals surface area contributed by atoms with E-state index in [1.807, 2.05) is 59.4 Å². The molecule has 0 saturated carbocycles. The molecule has 1 saturated heterocycles. The van der Waals surface area contributed by atoms with E-state index in [1.165, 1.54) is 0 Å². The minimum atomic E-state index is 0. The molecular weight excluding hydrogens is 519 g/mol. The minimum Gasteiger partial charge on any atom is -0.506 e. The van der Waals surface area contributed by atoms with Crippen LogP contribution in [0.15, 0.2) is 65.8 Å². The Morgan fingerprint density at radius 3 is 2.44 bits per heavy atom. The molecule has 170 valence electrons. The first-order valence-electron chi connectivity index (χ1n) is 10.4. The Hall–Kier alpha value is -2.95. The van der Waals surface area contributed by atoms with E-state index in [9.17, 15) is 5.11 Å². The van der Waals surface area contributed by atoms with Gasteiger partial charge in [0.25, 0.3) is 0 Å². The van der Waals surface area contributed by atoms with Crippen LogP contribution in [0.5, 0.6) is 11.5 Å². The molecule has 0 bridgehead atoms. The van der Waals surface area contributed by atoms with Crippen LogP contribution in [0, 0.1) is 0 Å². The van der Waals surface area contributed by atoms with Gasteiger partial charge in [0.15, 0.2) is 5.96 Å². The number of rotatable bonds is 5. The van der Waals surface area contributed by atoms with Crippen molar-refractivity contribution in [3.8, 4) is 17.2 Å². The highest BCUT2D eigenvalue weighted by Gasteiger charge is 2.21. The smallest absolute Gasteiger partial charge is 0.194 e. The van der Waals surface area contributed by atoms with Gasteiger partial charge in [0.1, 0.15) is 11.5 Å². The van der Waals surface area contributed by atoms with Crippen LogP contribution in [0.1, 0.15) is 5.69 Å². The van der Waals surface area contributed by atoms with Crippen molar-refractivity contribution in [2.45, 2.75) is 6.54 Å². The SMILES string of the molecule is CN=C(NCc1ccn(-c2ccc(OC)cc2)n1)N1CCN(c2ccccc2O)CC1.I. The maximum Gasteiger partial charge on any atom is 0.194 e. The fourth-order valence-corrected chi connectivity index (χ4v) is 3.73. The van der Waals surface area contributed by atoms with E-state index in [-0.39, 0.29) is 24.0 Å². The van der Waals surface area contributed by atoms with Gasteiger partial charge in [-0.2, -0.15) is 5.10 Å². The molecular formula is C23H29IN6O2. The van der Waals surface area contributed by atoms with Crippen molar-refractivity contribution >= 4 is 35.6 Å². The lowest BCUT2D eigenvalue weighted by molar-refractivity contribution is 0.369. The van der Waals surface area contributed by atoms with Gasteiger partial charge in [-0.05, 0) is 42.5 Å². The Balaban J connectivity index is 0.00000289. The molecule has 0 unspecified atom stereocenters. The summed E-state index contributed by atoms with van der Waals surface area (Å²) in [5.41, 5.74) is 2.80. The molecule has 0 radical (unpaired) electrons. The van der Waals surface area contributed by atoms with Crippen molar-refractivity contribution in [2.75, 3.05) is 45.2 Å². The maximum absolute atomic E-state index is 10.1. The maximum atomic E-state index is 10.1. The number of piperazine rings is 1. The molecule has 2 aromatic carbocycles. The lowest BCUT2D eigenvalue weighted by Crippen LogP contribution is -2.52. The largest absolute Gasteiger partial charge is 0.506 e. The Morgan fingerprint density at radius 1 is 1.06 bits per heavy atom. The molecule has 3 aromatic rings. The highest BCUT2D eigenvalue weighted by molar-refractivity contribution is 14.0. The molecule has 2 N–H and O–H groups in total. The van der Waals surface area contributed by atoms with E-state index in [0.717, 1.165) is 55.0 Å². The summed E-state index contributed by atoms with van der Waals surface area (Å²) < 4.78 is 7.06. The number of aromatic nitrogens is 2. The third kappa shape index (κ3) is 5.45. The highest BCUT2D eigenvalue weighted by Crippen LogP contribution is 2.27. The molecule has 9 heteroatoms. The van der Waals surface area contributed by atoms with E-state index in [4.69, 9.17) is 4.74 Å². The molecule has 1 fully saturated rings. The third-order valence-electron chi connectivity index (χ3n) is 5.42. The van der Waals surface area contributed by atoms with Gasteiger partial charge in [-0.15, -0.1) is 24.0 Å². The van der Waals surface area contributed by atoms with Crippen molar-refractivity contribution in [3.63, 3.8) is 0 Å². The number of ether oxygens (including phenoxy) is 1. The first-order valence-corrected chi connectivity index (χ1v) is 10.4. The number of halogens is 1. The molecule has 0 aliphatic carbocycles. The monoisotopic (exact) mass is 548 g/mol. The number of anilines is 1. The number of hydrogen-bond donors (Lipinski definition) is 2. The van der Waals surface area contributed by atoms with Gasteiger partial charge in [0, 0.05) is 39.4 Å². The average Bonchev–Trinajstić information content (AvgIpc) is 3.29. The summed E-state index contributed by atoms with van der Waals surface area (Å²) in [6.45, 7) is 3.90. The molecule has 0 atom stereocenters. The summed E-state index contributed by atoms with van der Waals surface area (Å²) >= 11 is 0. The summed E-state index contributed by atoms with van der Waals surface area (Å²) in [7, 11) is 3.46. The van der Waals surface area contributed by atoms with Crippen molar-refractivity contribution in [3.05, 3.63) is 66.5 Å². The Labute approximate surface area is 205 Å². The number of nitrogens with one attached hydrogen (secondary N) is 1. The van der Waals surface area contributed by atoms with E-state index in [1.54, 1.807) is 20.2 Å². The van der Waals surface area contributed by atoms with E-state index >= 15 is 0 Å². The second-order valence-electron chi connectivity index (χ2n) is 7.31. The fraction of sp³-hybridized carbons (Fsp3) is 0.304. The number of aliphatic imine (C=N–C) groups is 1. The number of hydrogen-bond acceptors (Lipinski definition) is 5. The summed E-state index contributed by atoms with van der Waals surface area (Å²) in [4.78, 5) is 8.88. The number of phenolic OH excluding ortho intramolecular Hbond substituents is 1. The van der Waals surface area contributed by atoms with Gasteiger partial charge in [-0.1, -0.05) is 12.1 Å². The Morgan fingerprint density at radius 2 is 1.78 bits per heavy atom. The Kier molecular flexibility index (Phi) is 8.20. The highest BCUT2D eigenvalue weighted by atomic mass is 127. The van der Waals surface area contributed by atoms with Gasteiger partial charge in [-0.3, -0.25) is 4.99 Å². The number of para-hydroxylation sites is 2. The summed E-state index contributed by atoms with van der Waals surface area (Å²) in [6.07, 6.45) is 1.95.